The minimum absolute atomic E-state index is 0.256. The minimum atomic E-state index is -0.256. The van der Waals surface area contributed by atoms with Gasteiger partial charge in [0.2, 0.25) is 0 Å². The van der Waals surface area contributed by atoms with Crippen LogP contribution in [0.4, 0.5) is 0 Å². The van der Waals surface area contributed by atoms with Crippen molar-refractivity contribution in [1.82, 2.24) is 0 Å². The molecule has 2 unspecified atom stereocenters. The van der Waals surface area contributed by atoms with Crippen molar-refractivity contribution in [3.8, 4) is 6.07 Å². The topological polar surface area (TPSA) is 23.8 Å². The van der Waals surface area contributed by atoms with Gasteiger partial charge < -0.3 is 0 Å². The Bertz CT molecular complexity index is 216. The lowest BCUT2D eigenvalue weighted by Crippen LogP contribution is -2.36. The Balaban J connectivity index is 2.78. The highest BCUT2D eigenvalue weighted by Gasteiger charge is 2.41. The summed E-state index contributed by atoms with van der Waals surface area (Å²) in [5.41, 5.74) is 0.316. The molecule has 68 valence electrons. The van der Waals surface area contributed by atoms with Crippen LogP contribution in [0.3, 0.4) is 0 Å². The molecule has 0 spiro atoms. The molecular formula is C10H16BrN. The first-order chi connectivity index (χ1) is 5.37. The van der Waals surface area contributed by atoms with Crippen molar-refractivity contribution in [2.24, 2.45) is 11.3 Å². The van der Waals surface area contributed by atoms with E-state index in [4.69, 9.17) is 5.26 Å². The van der Waals surface area contributed by atoms with Crippen LogP contribution in [-0.4, -0.2) is 4.32 Å². The molecule has 2 atom stereocenters. The van der Waals surface area contributed by atoms with Crippen LogP contribution in [-0.2, 0) is 0 Å². The molecule has 0 heterocycles. The van der Waals surface area contributed by atoms with Crippen molar-refractivity contribution < 1.29 is 0 Å². The molecule has 0 aromatic heterocycles. The highest BCUT2D eigenvalue weighted by Crippen LogP contribution is 2.47. The molecule has 12 heavy (non-hydrogen) atoms. The van der Waals surface area contributed by atoms with E-state index in [0.717, 1.165) is 12.8 Å². The van der Waals surface area contributed by atoms with Crippen LogP contribution in [0.5, 0.6) is 0 Å². The van der Waals surface area contributed by atoms with Crippen LogP contribution < -0.4 is 0 Å². The molecule has 1 fully saturated rings. The van der Waals surface area contributed by atoms with Gasteiger partial charge in [0.05, 0.1) is 6.07 Å². The number of rotatable bonds is 0. The molecule has 0 aliphatic heterocycles. The Labute approximate surface area is 83.3 Å². The Hall–Kier alpha value is -0.0300. The van der Waals surface area contributed by atoms with E-state index in [2.05, 4.69) is 42.8 Å². The molecule has 1 aliphatic carbocycles. The van der Waals surface area contributed by atoms with Crippen LogP contribution >= 0.6 is 15.9 Å². The maximum absolute atomic E-state index is 9.00. The van der Waals surface area contributed by atoms with Crippen molar-refractivity contribution in [3.63, 3.8) is 0 Å². The lowest BCUT2D eigenvalue weighted by molar-refractivity contribution is 0.177. The predicted molar refractivity (Wildman–Crippen MR) is 54.1 cm³/mol. The molecule has 1 saturated carbocycles. The number of alkyl halides is 1. The molecule has 1 rings (SSSR count). The van der Waals surface area contributed by atoms with Crippen LogP contribution in [0.15, 0.2) is 0 Å². The number of halogens is 1. The molecule has 1 aliphatic rings. The molecule has 1 nitrogen and oxygen atoms in total. The Morgan fingerprint density at radius 2 is 2.00 bits per heavy atom. The molecule has 0 bridgehead atoms. The van der Waals surface area contributed by atoms with E-state index in [1.807, 2.05) is 0 Å². The zero-order chi connectivity index (χ0) is 9.41. The van der Waals surface area contributed by atoms with Gasteiger partial charge in [0.25, 0.3) is 0 Å². The van der Waals surface area contributed by atoms with Crippen molar-refractivity contribution in [2.45, 2.75) is 44.4 Å². The molecule has 0 aromatic rings. The van der Waals surface area contributed by atoms with Gasteiger partial charge in [0.15, 0.2) is 0 Å². The number of nitriles is 1. The van der Waals surface area contributed by atoms with Crippen molar-refractivity contribution in [1.29, 1.82) is 5.26 Å². The largest absolute Gasteiger partial charge is 0.197 e. The van der Waals surface area contributed by atoms with E-state index in [9.17, 15) is 0 Å². The van der Waals surface area contributed by atoms with Gasteiger partial charge in [0, 0.05) is 0 Å². The molecule has 0 radical (unpaired) electrons. The van der Waals surface area contributed by atoms with E-state index in [-0.39, 0.29) is 4.32 Å². The van der Waals surface area contributed by atoms with Crippen molar-refractivity contribution >= 4 is 15.9 Å². The van der Waals surface area contributed by atoms with E-state index in [0.29, 0.717) is 11.3 Å². The normalized spacial score (nSPS) is 40.4. The Morgan fingerprint density at radius 3 is 2.42 bits per heavy atom. The predicted octanol–water partition coefficient (Wildman–Crippen LogP) is 3.49. The molecular weight excluding hydrogens is 214 g/mol. The summed E-state index contributed by atoms with van der Waals surface area (Å²) in [7, 11) is 0. The highest BCUT2D eigenvalue weighted by atomic mass is 79.9. The first-order valence-corrected chi connectivity index (χ1v) is 5.26. The summed E-state index contributed by atoms with van der Waals surface area (Å²) in [6.07, 6.45) is 3.20. The second-order valence-electron chi connectivity index (χ2n) is 4.93. The fourth-order valence-electron chi connectivity index (χ4n) is 2.56. The van der Waals surface area contributed by atoms with Gasteiger partial charge in [-0.1, -0.05) is 36.7 Å². The Morgan fingerprint density at radius 1 is 1.42 bits per heavy atom. The average Bonchev–Trinajstić information content (AvgIpc) is 1.82. The highest BCUT2D eigenvalue weighted by molar-refractivity contribution is 9.10. The summed E-state index contributed by atoms with van der Waals surface area (Å²) < 4.78 is -0.256. The zero-order valence-corrected chi connectivity index (χ0v) is 9.61. The average molecular weight is 230 g/mol. The quantitative estimate of drug-likeness (QED) is 0.584. The van der Waals surface area contributed by atoms with Gasteiger partial charge in [-0.2, -0.15) is 5.26 Å². The SMILES string of the molecule is CC1CC(C)(C)CC(Br)(C#N)C1. The van der Waals surface area contributed by atoms with Gasteiger partial charge in [-0.05, 0) is 30.6 Å². The first-order valence-electron chi connectivity index (χ1n) is 4.47. The summed E-state index contributed by atoms with van der Waals surface area (Å²) >= 11 is 3.55. The van der Waals surface area contributed by atoms with Crippen LogP contribution in [0, 0.1) is 22.7 Å². The number of nitrogens with zero attached hydrogens (tertiary/aromatic N) is 1. The van der Waals surface area contributed by atoms with Gasteiger partial charge in [-0.15, -0.1) is 0 Å². The molecule has 0 aromatic carbocycles. The van der Waals surface area contributed by atoms with E-state index < -0.39 is 0 Å². The summed E-state index contributed by atoms with van der Waals surface area (Å²) in [5.74, 6) is 0.660. The molecule has 0 saturated heterocycles. The molecule has 0 N–H and O–H groups in total. The van der Waals surface area contributed by atoms with Crippen LogP contribution in [0.2, 0.25) is 0 Å². The summed E-state index contributed by atoms with van der Waals surface area (Å²) in [5, 5.41) is 9.00. The van der Waals surface area contributed by atoms with Crippen LogP contribution in [0.1, 0.15) is 40.0 Å². The van der Waals surface area contributed by atoms with Gasteiger partial charge in [0.1, 0.15) is 4.32 Å². The van der Waals surface area contributed by atoms with Gasteiger partial charge in [-0.3, -0.25) is 0 Å². The lowest BCUT2D eigenvalue weighted by atomic mass is 9.68. The Kier molecular flexibility index (Phi) is 2.54. The van der Waals surface area contributed by atoms with Crippen LogP contribution in [0.25, 0.3) is 0 Å². The maximum atomic E-state index is 9.00. The fourth-order valence-corrected chi connectivity index (χ4v) is 3.87. The van der Waals surface area contributed by atoms with E-state index >= 15 is 0 Å². The molecule has 2 heteroatoms. The summed E-state index contributed by atoms with van der Waals surface area (Å²) in [4.78, 5) is 0. The van der Waals surface area contributed by atoms with Crippen molar-refractivity contribution in [3.05, 3.63) is 0 Å². The van der Waals surface area contributed by atoms with E-state index in [1.54, 1.807) is 0 Å². The molecule has 0 amide bonds. The third-order valence-corrected chi connectivity index (χ3v) is 3.31. The lowest BCUT2D eigenvalue weighted by Gasteiger charge is -2.40. The van der Waals surface area contributed by atoms with Crippen molar-refractivity contribution in [2.75, 3.05) is 0 Å². The maximum Gasteiger partial charge on any atom is 0.113 e. The third kappa shape index (κ3) is 2.23. The standard InChI is InChI=1S/C10H16BrN/c1-8-4-9(2,3)6-10(11,5-8)7-12/h8H,4-6H2,1-3H3. The summed E-state index contributed by atoms with van der Waals surface area (Å²) in [6, 6.07) is 2.38. The second-order valence-corrected chi connectivity index (χ2v) is 6.45. The third-order valence-electron chi connectivity index (χ3n) is 2.53. The first kappa shape index (κ1) is 10.1. The fraction of sp³-hybridized carbons (Fsp3) is 0.900. The van der Waals surface area contributed by atoms with Gasteiger partial charge in [-0.25, -0.2) is 0 Å². The second kappa shape index (κ2) is 3.03. The van der Waals surface area contributed by atoms with E-state index in [1.165, 1.54) is 6.42 Å². The number of hydrogen-bond acceptors (Lipinski definition) is 1. The zero-order valence-electron chi connectivity index (χ0n) is 8.02. The minimum Gasteiger partial charge on any atom is -0.197 e. The smallest absolute Gasteiger partial charge is 0.113 e. The number of hydrogen-bond donors (Lipinski definition) is 0. The monoisotopic (exact) mass is 229 g/mol. The van der Waals surface area contributed by atoms with Gasteiger partial charge >= 0.3 is 0 Å². The summed E-state index contributed by atoms with van der Waals surface area (Å²) in [6.45, 7) is 6.72.